The van der Waals surface area contributed by atoms with Gasteiger partial charge in [0.25, 0.3) is 0 Å². The molecule has 0 aliphatic carbocycles. The van der Waals surface area contributed by atoms with Crippen molar-refractivity contribution in [2.24, 2.45) is 0 Å². The monoisotopic (exact) mass is 283 g/mol. The fraction of sp³-hybridized carbons (Fsp3) is 0.429. The maximum Gasteiger partial charge on any atom is 0.227 e. The van der Waals surface area contributed by atoms with Gasteiger partial charge >= 0.3 is 0 Å². The van der Waals surface area contributed by atoms with E-state index in [0.29, 0.717) is 6.61 Å². The minimum Gasteiger partial charge on any atom is -0.378 e. The second-order valence-corrected chi connectivity index (χ2v) is 4.76. The molecule has 1 aliphatic rings. The van der Waals surface area contributed by atoms with Crippen molar-refractivity contribution in [2.45, 2.75) is 32.3 Å². The van der Waals surface area contributed by atoms with Gasteiger partial charge in [-0.1, -0.05) is 0 Å². The summed E-state index contributed by atoms with van der Waals surface area (Å²) in [4.78, 5) is 22.8. The molecular formula is C14H15F2NO3. The van der Waals surface area contributed by atoms with E-state index < -0.39 is 29.0 Å². The molecule has 108 valence electrons. The number of benzene rings is 1. The minimum absolute atomic E-state index is 0.0628. The zero-order valence-electron chi connectivity index (χ0n) is 11.0. The Bertz CT molecular complexity index is 516. The second-order valence-electron chi connectivity index (χ2n) is 4.76. The third kappa shape index (κ3) is 3.39. The average molecular weight is 283 g/mol. The van der Waals surface area contributed by atoms with Crippen molar-refractivity contribution in [2.75, 3.05) is 11.9 Å². The molecule has 0 spiro atoms. The van der Waals surface area contributed by atoms with Crippen molar-refractivity contribution < 1.29 is 23.1 Å². The molecule has 6 heteroatoms. The predicted molar refractivity (Wildman–Crippen MR) is 68.6 cm³/mol. The lowest BCUT2D eigenvalue weighted by Gasteiger charge is -2.11. The zero-order valence-corrected chi connectivity index (χ0v) is 11.0. The standard InChI is InChI=1S/C14H15F2NO3/c1-8(18)9-5-11(15)14(12(16)6-9)17-13(19)7-10-3-2-4-20-10/h5-6,10H,2-4,7H2,1H3,(H,17,19). The Morgan fingerprint density at radius 2 is 2.00 bits per heavy atom. The molecule has 1 N–H and O–H groups in total. The van der Waals surface area contributed by atoms with Crippen molar-refractivity contribution in [3.05, 3.63) is 29.3 Å². The average Bonchev–Trinajstić information content (AvgIpc) is 2.86. The van der Waals surface area contributed by atoms with Gasteiger partial charge in [-0.15, -0.1) is 0 Å². The Balaban J connectivity index is 2.08. The Kier molecular flexibility index (Phi) is 4.44. The first-order valence-electron chi connectivity index (χ1n) is 6.39. The Labute approximate surface area is 115 Å². The van der Waals surface area contributed by atoms with E-state index in [1.165, 1.54) is 6.92 Å². The number of amides is 1. The summed E-state index contributed by atoms with van der Waals surface area (Å²) in [7, 11) is 0. The van der Waals surface area contributed by atoms with Gasteiger partial charge in [0.15, 0.2) is 5.78 Å². The van der Waals surface area contributed by atoms with Crippen LogP contribution in [0.3, 0.4) is 0 Å². The number of hydrogen-bond acceptors (Lipinski definition) is 3. The molecule has 0 aromatic heterocycles. The maximum absolute atomic E-state index is 13.7. The van der Waals surface area contributed by atoms with Crippen LogP contribution in [0, 0.1) is 11.6 Å². The van der Waals surface area contributed by atoms with Crippen molar-refractivity contribution in [1.29, 1.82) is 0 Å². The SMILES string of the molecule is CC(=O)c1cc(F)c(NC(=O)CC2CCCO2)c(F)c1. The molecule has 4 nitrogen and oxygen atoms in total. The Hall–Kier alpha value is -1.82. The number of hydrogen-bond donors (Lipinski definition) is 1. The maximum atomic E-state index is 13.7. The highest BCUT2D eigenvalue weighted by Gasteiger charge is 2.21. The number of ketones is 1. The van der Waals surface area contributed by atoms with Crippen LogP contribution in [-0.2, 0) is 9.53 Å². The number of anilines is 1. The smallest absolute Gasteiger partial charge is 0.227 e. The molecule has 1 aromatic carbocycles. The van der Waals surface area contributed by atoms with Gasteiger partial charge in [0, 0.05) is 12.2 Å². The van der Waals surface area contributed by atoms with E-state index >= 15 is 0 Å². The summed E-state index contributed by atoms with van der Waals surface area (Å²) in [6.45, 7) is 1.82. The van der Waals surface area contributed by atoms with Gasteiger partial charge in [0.2, 0.25) is 5.91 Å². The summed E-state index contributed by atoms with van der Waals surface area (Å²) in [5.74, 6) is -2.88. The van der Waals surface area contributed by atoms with Gasteiger partial charge in [-0.3, -0.25) is 9.59 Å². The van der Waals surface area contributed by atoms with Crippen molar-refractivity contribution >= 4 is 17.4 Å². The third-order valence-electron chi connectivity index (χ3n) is 3.15. The fourth-order valence-electron chi connectivity index (χ4n) is 2.10. The first-order chi connectivity index (χ1) is 9.47. The van der Waals surface area contributed by atoms with E-state index in [1.54, 1.807) is 0 Å². The Morgan fingerprint density at radius 1 is 1.35 bits per heavy atom. The highest BCUT2D eigenvalue weighted by molar-refractivity contribution is 5.96. The molecule has 1 fully saturated rings. The fourth-order valence-corrected chi connectivity index (χ4v) is 2.10. The molecule has 1 saturated heterocycles. The van der Waals surface area contributed by atoms with Gasteiger partial charge < -0.3 is 10.1 Å². The highest BCUT2D eigenvalue weighted by Crippen LogP contribution is 2.22. The minimum atomic E-state index is -0.962. The molecule has 20 heavy (non-hydrogen) atoms. The molecular weight excluding hydrogens is 268 g/mol. The number of ether oxygens (including phenoxy) is 1. The predicted octanol–water partition coefficient (Wildman–Crippen LogP) is 2.68. The molecule has 1 aliphatic heterocycles. The second kappa shape index (κ2) is 6.09. The molecule has 0 saturated carbocycles. The third-order valence-corrected chi connectivity index (χ3v) is 3.15. The van der Waals surface area contributed by atoms with Crippen LogP contribution in [0.2, 0.25) is 0 Å². The summed E-state index contributed by atoms with van der Waals surface area (Å²) >= 11 is 0. The van der Waals surface area contributed by atoms with Crippen molar-refractivity contribution in [3.63, 3.8) is 0 Å². The number of Topliss-reactive ketones (excluding diaryl/α,β-unsaturated/α-hetero) is 1. The zero-order chi connectivity index (χ0) is 14.7. The summed E-state index contributed by atoms with van der Waals surface area (Å²) in [6.07, 6.45) is 1.51. The topological polar surface area (TPSA) is 55.4 Å². The highest BCUT2D eigenvalue weighted by atomic mass is 19.1. The molecule has 0 radical (unpaired) electrons. The van der Waals surface area contributed by atoms with E-state index in [9.17, 15) is 18.4 Å². The number of halogens is 2. The largest absolute Gasteiger partial charge is 0.378 e. The van der Waals surface area contributed by atoms with Gasteiger partial charge in [0.05, 0.1) is 12.5 Å². The number of nitrogens with one attached hydrogen (secondary N) is 1. The van der Waals surface area contributed by atoms with Crippen LogP contribution < -0.4 is 5.32 Å². The summed E-state index contributed by atoms with van der Waals surface area (Å²) in [6, 6.07) is 1.82. The number of rotatable bonds is 4. The molecule has 1 amide bonds. The number of carbonyl (C=O) groups is 2. The van der Waals surface area contributed by atoms with E-state index in [1.807, 2.05) is 0 Å². The van der Waals surface area contributed by atoms with Gasteiger partial charge in [-0.05, 0) is 31.9 Å². The van der Waals surface area contributed by atoms with Crippen LogP contribution in [0.5, 0.6) is 0 Å². The van der Waals surface area contributed by atoms with Crippen LogP contribution in [0.15, 0.2) is 12.1 Å². The first kappa shape index (κ1) is 14.6. The van der Waals surface area contributed by atoms with Crippen LogP contribution in [-0.4, -0.2) is 24.4 Å². The lowest BCUT2D eigenvalue weighted by atomic mass is 10.1. The van der Waals surface area contributed by atoms with E-state index in [2.05, 4.69) is 5.32 Å². The molecule has 2 rings (SSSR count). The van der Waals surface area contributed by atoms with Gasteiger partial charge in [-0.2, -0.15) is 0 Å². The first-order valence-corrected chi connectivity index (χ1v) is 6.39. The van der Waals surface area contributed by atoms with Gasteiger partial charge in [-0.25, -0.2) is 8.78 Å². The molecule has 0 bridgehead atoms. The van der Waals surface area contributed by atoms with Crippen LogP contribution in [0.4, 0.5) is 14.5 Å². The van der Waals surface area contributed by atoms with E-state index in [4.69, 9.17) is 4.74 Å². The van der Waals surface area contributed by atoms with Gasteiger partial charge in [0.1, 0.15) is 17.3 Å². The van der Waals surface area contributed by atoms with E-state index in [0.717, 1.165) is 25.0 Å². The molecule has 1 unspecified atom stereocenters. The number of carbonyl (C=O) groups excluding carboxylic acids is 2. The van der Waals surface area contributed by atoms with E-state index in [-0.39, 0.29) is 18.1 Å². The van der Waals surface area contributed by atoms with Crippen LogP contribution in [0.1, 0.15) is 36.5 Å². The molecule has 1 heterocycles. The van der Waals surface area contributed by atoms with Crippen molar-refractivity contribution in [3.8, 4) is 0 Å². The molecule has 1 aromatic rings. The van der Waals surface area contributed by atoms with Crippen LogP contribution in [0.25, 0.3) is 0 Å². The summed E-state index contributed by atoms with van der Waals surface area (Å²) in [5, 5.41) is 2.19. The summed E-state index contributed by atoms with van der Waals surface area (Å²) < 4.78 is 32.7. The Morgan fingerprint density at radius 3 is 2.50 bits per heavy atom. The summed E-state index contributed by atoms with van der Waals surface area (Å²) in [5.41, 5.74) is -0.602. The normalized spacial score (nSPS) is 18.1. The lowest BCUT2D eigenvalue weighted by molar-refractivity contribution is -0.118. The van der Waals surface area contributed by atoms with Crippen molar-refractivity contribution in [1.82, 2.24) is 0 Å². The molecule has 1 atom stereocenters. The quantitative estimate of drug-likeness (QED) is 0.864. The van der Waals surface area contributed by atoms with Crippen LogP contribution >= 0.6 is 0 Å². The lowest BCUT2D eigenvalue weighted by Crippen LogP contribution is -2.20.